The van der Waals surface area contributed by atoms with Gasteiger partial charge in [0.25, 0.3) is 0 Å². The van der Waals surface area contributed by atoms with E-state index in [0.717, 1.165) is 16.8 Å². The zero-order chi connectivity index (χ0) is 19.9. The third-order valence-electron chi connectivity index (χ3n) is 5.30. The number of rotatable bonds is 2. The van der Waals surface area contributed by atoms with Gasteiger partial charge >= 0.3 is 11.8 Å². The normalized spacial score (nSPS) is 19.5. The summed E-state index contributed by atoms with van der Waals surface area (Å²) in [7, 11) is 0. The Morgan fingerprint density at radius 2 is 1.69 bits per heavy atom. The molecule has 144 valence electrons. The summed E-state index contributed by atoms with van der Waals surface area (Å²) in [6.45, 7) is 14.0. The number of benzene rings is 1. The van der Waals surface area contributed by atoms with E-state index in [2.05, 4.69) is 19.2 Å². The highest BCUT2D eigenvalue weighted by atomic mass is 16.2. The molecule has 0 saturated carbocycles. The summed E-state index contributed by atoms with van der Waals surface area (Å²) in [5, 5.41) is 2.88. The van der Waals surface area contributed by atoms with Crippen LogP contribution in [0.3, 0.4) is 0 Å². The lowest BCUT2D eigenvalue weighted by molar-refractivity contribution is -0.156. The highest BCUT2D eigenvalue weighted by Crippen LogP contribution is 2.38. The van der Waals surface area contributed by atoms with Gasteiger partial charge in [-0.25, -0.2) is 0 Å². The molecule has 2 amide bonds. The Morgan fingerprint density at radius 3 is 2.19 bits per heavy atom. The molecule has 0 aromatic heterocycles. The minimum Gasteiger partial charge on any atom is -0.328 e. The van der Waals surface area contributed by atoms with Crippen LogP contribution < -0.4 is 11.1 Å². The van der Waals surface area contributed by atoms with E-state index in [9.17, 15) is 9.59 Å². The van der Waals surface area contributed by atoms with Crippen molar-refractivity contribution in [2.24, 2.45) is 5.73 Å². The second kappa shape index (κ2) is 7.03. The van der Waals surface area contributed by atoms with Crippen LogP contribution in [0.1, 0.15) is 71.4 Å². The number of carbonyl (C=O) groups excluding carboxylic acids is 2. The summed E-state index contributed by atoms with van der Waals surface area (Å²) in [5.74, 6) is -0.830. The van der Waals surface area contributed by atoms with Crippen LogP contribution in [0.5, 0.6) is 0 Å². The molecule has 1 aromatic rings. The van der Waals surface area contributed by atoms with Crippen molar-refractivity contribution < 1.29 is 9.59 Å². The summed E-state index contributed by atoms with van der Waals surface area (Å²) in [6, 6.07) is 5.93. The summed E-state index contributed by atoms with van der Waals surface area (Å²) in [6.07, 6.45) is 1.36. The summed E-state index contributed by atoms with van der Waals surface area (Å²) in [4.78, 5) is 27.7. The third-order valence-corrected chi connectivity index (χ3v) is 5.30. The summed E-state index contributed by atoms with van der Waals surface area (Å²) >= 11 is 0. The molecule has 1 aliphatic heterocycles. The molecule has 0 radical (unpaired) electrons. The van der Waals surface area contributed by atoms with E-state index in [1.807, 2.05) is 52.8 Å². The molecule has 1 fully saturated rings. The molecule has 5 heteroatoms. The monoisotopic (exact) mass is 359 g/mol. The topological polar surface area (TPSA) is 75.4 Å². The largest absolute Gasteiger partial charge is 0.328 e. The third kappa shape index (κ3) is 3.93. The van der Waals surface area contributed by atoms with Crippen molar-refractivity contribution >= 4 is 17.5 Å². The number of amides is 2. The smallest absolute Gasteiger partial charge is 0.313 e. The number of piperidine rings is 1. The Hall–Kier alpha value is -1.88. The Bertz CT molecular complexity index is 689. The molecule has 0 unspecified atom stereocenters. The molecule has 3 N–H and O–H groups in total. The lowest BCUT2D eigenvalue weighted by Crippen LogP contribution is -2.66. The van der Waals surface area contributed by atoms with E-state index < -0.39 is 22.9 Å². The minimum atomic E-state index is -0.585. The lowest BCUT2D eigenvalue weighted by Gasteiger charge is -2.54. The average Bonchev–Trinajstić information content (AvgIpc) is 2.45. The maximum atomic E-state index is 13.1. The van der Waals surface area contributed by atoms with Gasteiger partial charge in [-0.2, -0.15) is 0 Å². The van der Waals surface area contributed by atoms with Gasteiger partial charge in [0.05, 0.1) is 0 Å². The Labute approximate surface area is 157 Å². The van der Waals surface area contributed by atoms with Crippen LogP contribution in [0.2, 0.25) is 0 Å². The zero-order valence-corrected chi connectivity index (χ0v) is 17.1. The number of nitrogens with zero attached hydrogens (tertiary/aromatic N) is 1. The maximum absolute atomic E-state index is 13.1. The van der Waals surface area contributed by atoms with Crippen LogP contribution in [-0.2, 0) is 9.59 Å². The van der Waals surface area contributed by atoms with Crippen LogP contribution in [-0.4, -0.2) is 33.8 Å². The van der Waals surface area contributed by atoms with E-state index in [0.29, 0.717) is 12.8 Å². The molecular formula is C21H33N3O2. The molecule has 1 aliphatic rings. The number of para-hydroxylation sites is 1. The van der Waals surface area contributed by atoms with Gasteiger partial charge in [0.2, 0.25) is 0 Å². The number of carbonyl (C=O) groups is 2. The van der Waals surface area contributed by atoms with Gasteiger partial charge in [-0.1, -0.05) is 32.0 Å². The first-order valence-corrected chi connectivity index (χ1v) is 9.37. The average molecular weight is 360 g/mol. The van der Waals surface area contributed by atoms with Crippen LogP contribution >= 0.6 is 0 Å². The molecule has 1 heterocycles. The maximum Gasteiger partial charge on any atom is 0.313 e. The van der Waals surface area contributed by atoms with Gasteiger partial charge in [0.1, 0.15) is 0 Å². The number of aryl methyl sites for hydroxylation is 1. The van der Waals surface area contributed by atoms with E-state index in [1.54, 1.807) is 4.90 Å². The van der Waals surface area contributed by atoms with Crippen LogP contribution in [0.25, 0.3) is 0 Å². The number of anilines is 1. The molecule has 0 bridgehead atoms. The molecule has 2 rings (SSSR count). The number of hydrogen-bond acceptors (Lipinski definition) is 3. The van der Waals surface area contributed by atoms with Gasteiger partial charge in [0.15, 0.2) is 0 Å². The van der Waals surface area contributed by atoms with E-state index in [-0.39, 0.29) is 12.0 Å². The van der Waals surface area contributed by atoms with Crippen molar-refractivity contribution in [2.45, 2.75) is 84.3 Å². The molecule has 1 aromatic carbocycles. The van der Waals surface area contributed by atoms with Gasteiger partial charge in [-0.05, 0) is 64.5 Å². The van der Waals surface area contributed by atoms with Gasteiger partial charge in [-0.3, -0.25) is 9.59 Å². The molecule has 26 heavy (non-hydrogen) atoms. The molecule has 0 aliphatic carbocycles. The molecule has 1 saturated heterocycles. The van der Waals surface area contributed by atoms with Crippen molar-refractivity contribution in [3.63, 3.8) is 0 Å². The fraction of sp³-hybridized carbons (Fsp3) is 0.619. The first-order chi connectivity index (χ1) is 11.9. The first kappa shape index (κ1) is 20.4. The van der Waals surface area contributed by atoms with E-state index >= 15 is 0 Å². The second-order valence-corrected chi connectivity index (χ2v) is 9.08. The molecular weight excluding hydrogens is 326 g/mol. The fourth-order valence-corrected chi connectivity index (χ4v) is 4.52. The van der Waals surface area contributed by atoms with Crippen molar-refractivity contribution in [1.82, 2.24) is 4.90 Å². The highest BCUT2D eigenvalue weighted by molar-refractivity contribution is 6.40. The van der Waals surface area contributed by atoms with Crippen molar-refractivity contribution in [3.8, 4) is 0 Å². The Morgan fingerprint density at radius 1 is 1.15 bits per heavy atom. The molecule has 0 spiro atoms. The van der Waals surface area contributed by atoms with Crippen LogP contribution in [0.15, 0.2) is 18.2 Å². The SMILES string of the molecule is Cc1cccc(C(C)C)c1NC(=O)C(=O)N1C(C)(C)CC(N)CC1(C)C. The van der Waals surface area contributed by atoms with Crippen molar-refractivity contribution in [2.75, 3.05) is 5.32 Å². The van der Waals surface area contributed by atoms with Gasteiger partial charge < -0.3 is 16.0 Å². The fourth-order valence-electron chi connectivity index (χ4n) is 4.52. The molecule has 5 nitrogen and oxygen atoms in total. The standard InChI is InChI=1S/C21H33N3O2/c1-13(2)16-10-8-9-14(3)17(16)23-18(25)19(26)24-20(4,5)11-15(22)12-21(24,6)7/h8-10,13,15H,11-12,22H2,1-7H3,(H,23,25). The Balaban J connectivity index is 2.32. The van der Waals surface area contributed by atoms with Gasteiger partial charge in [0, 0.05) is 22.8 Å². The molecule has 0 atom stereocenters. The quantitative estimate of drug-likeness (QED) is 0.793. The summed E-state index contributed by atoms with van der Waals surface area (Å²) < 4.78 is 0. The highest BCUT2D eigenvalue weighted by Gasteiger charge is 2.48. The second-order valence-electron chi connectivity index (χ2n) is 9.08. The minimum absolute atomic E-state index is 0.0241. The number of nitrogens with two attached hydrogens (primary N) is 1. The number of nitrogens with one attached hydrogen (secondary N) is 1. The van der Waals surface area contributed by atoms with Crippen molar-refractivity contribution in [1.29, 1.82) is 0 Å². The van der Waals surface area contributed by atoms with E-state index in [4.69, 9.17) is 5.73 Å². The van der Waals surface area contributed by atoms with Gasteiger partial charge in [-0.15, -0.1) is 0 Å². The number of hydrogen-bond donors (Lipinski definition) is 2. The predicted molar refractivity (Wildman–Crippen MR) is 106 cm³/mol. The van der Waals surface area contributed by atoms with Crippen LogP contribution in [0.4, 0.5) is 5.69 Å². The summed E-state index contributed by atoms with van der Waals surface area (Å²) in [5.41, 5.74) is 7.97. The Kier molecular flexibility index (Phi) is 5.52. The van der Waals surface area contributed by atoms with Crippen molar-refractivity contribution in [3.05, 3.63) is 29.3 Å². The van der Waals surface area contributed by atoms with E-state index in [1.165, 1.54) is 0 Å². The number of likely N-dealkylation sites (tertiary alicyclic amines) is 1. The lowest BCUT2D eigenvalue weighted by atomic mass is 9.77. The first-order valence-electron chi connectivity index (χ1n) is 9.37. The zero-order valence-electron chi connectivity index (χ0n) is 17.1. The predicted octanol–water partition coefficient (Wildman–Crippen LogP) is 3.56. The van der Waals surface area contributed by atoms with Crippen LogP contribution in [0, 0.1) is 6.92 Å².